The van der Waals surface area contributed by atoms with Crippen molar-refractivity contribution in [3.8, 4) is 0 Å². The van der Waals surface area contributed by atoms with Crippen LogP contribution in [0.25, 0.3) is 0 Å². The summed E-state index contributed by atoms with van der Waals surface area (Å²) in [6.07, 6.45) is 7.56. The summed E-state index contributed by atoms with van der Waals surface area (Å²) >= 11 is 0. The molecule has 1 saturated heterocycles. The van der Waals surface area contributed by atoms with Gasteiger partial charge in [-0.15, -0.1) is 0 Å². The third-order valence-corrected chi connectivity index (χ3v) is 3.13. The molecular formula is C13H26N2. The van der Waals surface area contributed by atoms with E-state index in [1.807, 2.05) is 0 Å². The maximum absolute atomic E-state index is 4.94. The van der Waals surface area contributed by atoms with Crippen molar-refractivity contribution in [3.63, 3.8) is 0 Å². The largest absolute Gasteiger partial charge is 0.363 e. The Hall–Kier alpha value is -0.530. The Balaban J connectivity index is 2.69. The highest BCUT2D eigenvalue weighted by Gasteiger charge is 2.18. The van der Waals surface area contributed by atoms with E-state index in [4.69, 9.17) is 4.99 Å². The molecule has 0 saturated carbocycles. The van der Waals surface area contributed by atoms with Gasteiger partial charge in [0.1, 0.15) is 0 Å². The molecule has 0 aromatic carbocycles. The molecule has 0 N–H and O–H groups in total. The lowest BCUT2D eigenvalue weighted by Gasteiger charge is -2.25. The van der Waals surface area contributed by atoms with Gasteiger partial charge in [0, 0.05) is 20.0 Å². The van der Waals surface area contributed by atoms with Gasteiger partial charge in [0.25, 0.3) is 0 Å². The molecule has 15 heavy (non-hydrogen) atoms. The van der Waals surface area contributed by atoms with Gasteiger partial charge >= 0.3 is 0 Å². The summed E-state index contributed by atoms with van der Waals surface area (Å²) in [6, 6.07) is 0. The molecule has 0 aliphatic carbocycles. The Kier molecular flexibility index (Phi) is 4.62. The van der Waals surface area contributed by atoms with Crippen LogP contribution in [0.5, 0.6) is 0 Å². The fourth-order valence-corrected chi connectivity index (χ4v) is 2.29. The van der Waals surface area contributed by atoms with E-state index < -0.39 is 0 Å². The van der Waals surface area contributed by atoms with Gasteiger partial charge in [-0.2, -0.15) is 0 Å². The minimum Gasteiger partial charge on any atom is -0.363 e. The van der Waals surface area contributed by atoms with Gasteiger partial charge in [0.2, 0.25) is 0 Å². The maximum Gasteiger partial charge on any atom is 0.0992 e. The summed E-state index contributed by atoms with van der Waals surface area (Å²) in [5.74, 6) is 1.32. The molecule has 0 amide bonds. The maximum atomic E-state index is 4.94. The number of amidine groups is 1. The molecule has 1 aliphatic heterocycles. The van der Waals surface area contributed by atoms with Crippen LogP contribution in [0.2, 0.25) is 0 Å². The monoisotopic (exact) mass is 210 g/mol. The standard InChI is InChI=1S/C13H26N2/c1-5-10-13(2,3)14-12-9-7-6-8-11-15(12)4/h5-11H2,1-4H3. The Morgan fingerprint density at radius 2 is 2.00 bits per heavy atom. The first-order valence-corrected chi connectivity index (χ1v) is 6.35. The third-order valence-electron chi connectivity index (χ3n) is 3.13. The quantitative estimate of drug-likeness (QED) is 0.696. The van der Waals surface area contributed by atoms with Gasteiger partial charge < -0.3 is 4.90 Å². The van der Waals surface area contributed by atoms with Crippen molar-refractivity contribution in [1.29, 1.82) is 0 Å². The molecule has 1 rings (SSSR count). The lowest BCUT2D eigenvalue weighted by atomic mass is 10.00. The Bertz CT molecular complexity index is 219. The molecule has 1 fully saturated rings. The van der Waals surface area contributed by atoms with Crippen molar-refractivity contribution < 1.29 is 0 Å². The van der Waals surface area contributed by atoms with Crippen LogP contribution in [0.4, 0.5) is 0 Å². The van der Waals surface area contributed by atoms with Gasteiger partial charge in [0.05, 0.1) is 11.4 Å². The highest BCUT2D eigenvalue weighted by atomic mass is 15.2. The van der Waals surface area contributed by atoms with E-state index in [0.717, 1.165) is 0 Å². The Morgan fingerprint density at radius 3 is 2.67 bits per heavy atom. The third kappa shape index (κ3) is 4.23. The zero-order valence-electron chi connectivity index (χ0n) is 10.8. The highest BCUT2D eigenvalue weighted by molar-refractivity contribution is 5.82. The molecule has 0 aromatic rings. The number of aliphatic imine (C=N–C) groups is 1. The normalized spacial score (nSPS) is 21.9. The van der Waals surface area contributed by atoms with Gasteiger partial charge in [-0.1, -0.05) is 19.8 Å². The molecule has 0 radical (unpaired) electrons. The van der Waals surface area contributed by atoms with E-state index in [9.17, 15) is 0 Å². The van der Waals surface area contributed by atoms with E-state index in [0.29, 0.717) is 0 Å². The van der Waals surface area contributed by atoms with Crippen LogP contribution >= 0.6 is 0 Å². The van der Waals surface area contributed by atoms with Crippen LogP contribution in [0.1, 0.15) is 59.3 Å². The smallest absolute Gasteiger partial charge is 0.0992 e. The van der Waals surface area contributed by atoms with Crippen LogP contribution in [0, 0.1) is 0 Å². The molecule has 0 bridgehead atoms. The minimum atomic E-state index is 0.128. The Morgan fingerprint density at radius 1 is 1.27 bits per heavy atom. The number of nitrogens with zero attached hydrogens (tertiary/aromatic N) is 2. The summed E-state index contributed by atoms with van der Waals surface area (Å²) in [5, 5.41) is 0. The van der Waals surface area contributed by atoms with Crippen LogP contribution in [0.15, 0.2) is 4.99 Å². The molecule has 0 aromatic heterocycles. The van der Waals surface area contributed by atoms with Crippen molar-refractivity contribution in [3.05, 3.63) is 0 Å². The van der Waals surface area contributed by atoms with Crippen molar-refractivity contribution >= 4 is 5.84 Å². The predicted molar refractivity (Wildman–Crippen MR) is 67.5 cm³/mol. The summed E-state index contributed by atoms with van der Waals surface area (Å²) in [4.78, 5) is 7.29. The first kappa shape index (κ1) is 12.5. The van der Waals surface area contributed by atoms with E-state index in [1.54, 1.807) is 0 Å². The zero-order chi connectivity index (χ0) is 11.3. The summed E-state index contributed by atoms with van der Waals surface area (Å²) in [5.41, 5.74) is 0.128. The SMILES string of the molecule is CCCC(C)(C)N=C1CCCCCN1C. The van der Waals surface area contributed by atoms with Crippen molar-refractivity contribution in [1.82, 2.24) is 4.90 Å². The van der Waals surface area contributed by atoms with Crippen molar-refractivity contribution in [2.24, 2.45) is 4.99 Å². The van der Waals surface area contributed by atoms with E-state index in [-0.39, 0.29) is 5.54 Å². The average Bonchev–Trinajstić information content (AvgIpc) is 2.31. The number of likely N-dealkylation sites (tertiary alicyclic amines) is 1. The summed E-state index contributed by atoms with van der Waals surface area (Å²) in [6.45, 7) is 7.92. The molecule has 1 heterocycles. The van der Waals surface area contributed by atoms with Crippen molar-refractivity contribution in [2.45, 2.75) is 64.8 Å². The van der Waals surface area contributed by atoms with Crippen LogP contribution in [-0.2, 0) is 0 Å². The number of hydrogen-bond donors (Lipinski definition) is 0. The number of hydrogen-bond acceptors (Lipinski definition) is 1. The van der Waals surface area contributed by atoms with Crippen LogP contribution in [-0.4, -0.2) is 29.9 Å². The van der Waals surface area contributed by atoms with Crippen LogP contribution in [0.3, 0.4) is 0 Å². The van der Waals surface area contributed by atoms with E-state index in [1.165, 1.54) is 50.9 Å². The van der Waals surface area contributed by atoms with Crippen molar-refractivity contribution in [2.75, 3.05) is 13.6 Å². The van der Waals surface area contributed by atoms with Crippen LogP contribution < -0.4 is 0 Å². The second-order valence-electron chi connectivity index (χ2n) is 5.32. The first-order chi connectivity index (χ1) is 7.05. The second-order valence-corrected chi connectivity index (χ2v) is 5.32. The molecule has 0 spiro atoms. The Labute approximate surface area is 94.8 Å². The van der Waals surface area contributed by atoms with Gasteiger partial charge in [-0.05, 0) is 33.1 Å². The second kappa shape index (κ2) is 5.53. The lowest BCUT2D eigenvalue weighted by molar-refractivity contribution is 0.443. The highest BCUT2D eigenvalue weighted by Crippen LogP contribution is 2.20. The fraction of sp³-hybridized carbons (Fsp3) is 0.923. The summed E-state index contributed by atoms with van der Waals surface area (Å²) in [7, 11) is 2.19. The molecule has 2 heteroatoms. The van der Waals surface area contributed by atoms with Gasteiger partial charge in [-0.3, -0.25) is 4.99 Å². The number of rotatable bonds is 3. The topological polar surface area (TPSA) is 15.6 Å². The molecule has 0 unspecified atom stereocenters. The van der Waals surface area contributed by atoms with E-state index >= 15 is 0 Å². The molecule has 1 aliphatic rings. The minimum absolute atomic E-state index is 0.128. The summed E-state index contributed by atoms with van der Waals surface area (Å²) < 4.78 is 0. The van der Waals surface area contributed by atoms with Gasteiger partial charge in [-0.25, -0.2) is 0 Å². The zero-order valence-corrected chi connectivity index (χ0v) is 10.8. The fourth-order valence-electron chi connectivity index (χ4n) is 2.29. The van der Waals surface area contributed by atoms with E-state index in [2.05, 4.69) is 32.7 Å². The van der Waals surface area contributed by atoms with Gasteiger partial charge in [0.15, 0.2) is 0 Å². The average molecular weight is 210 g/mol. The molecule has 0 atom stereocenters. The molecule has 2 nitrogen and oxygen atoms in total. The first-order valence-electron chi connectivity index (χ1n) is 6.35. The molecular weight excluding hydrogens is 184 g/mol. The molecule has 88 valence electrons. The lowest BCUT2D eigenvalue weighted by Crippen LogP contribution is -2.30. The predicted octanol–water partition coefficient (Wildman–Crippen LogP) is 3.47.